The monoisotopic (exact) mass is 326 g/mol. The zero-order chi connectivity index (χ0) is 16.2. The molecular weight excluding hydrogens is 300 g/mol. The highest BCUT2D eigenvalue weighted by atomic mass is 16.5. The molecule has 1 heterocycles. The molecule has 2 N–H and O–H groups in total. The maximum Gasteiger partial charge on any atom is 0.210 e. The van der Waals surface area contributed by atoms with Gasteiger partial charge in [-0.05, 0) is 49.2 Å². The van der Waals surface area contributed by atoms with Crippen LogP contribution in [0, 0.1) is 13.8 Å². The molecule has 0 aliphatic carbocycles. The van der Waals surface area contributed by atoms with Gasteiger partial charge < -0.3 is 10.1 Å². The highest BCUT2D eigenvalue weighted by molar-refractivity contribution is 5.85. The van der Waals surface area contributed by atoms with E-state index in [0.717, 1.165) is 36.2 Å². The summed E-state index contributed by atoms with van der Waals surface area (Å²) in [6.07, 6.45) is 0. The normalized spacial score (nSPS) is 12.7. The number of hydrazine groups is 1. The summed E-state index contributed by atoms with van der Waals surface area (Å²) in [5, 5.41) is 5.27. The smallest absolute Gasteiger partial charge is 0.210 e. The SMILES string of the molecule is C.COc1cccc(N(NC2=NCCN2)c2ccc(C)c(C)c2)c1. The first-order chi connectivity index (χ1) is 11.2. The van der Waals surface area contributed by atoms with Gasteiger partial charge in [-0.15, -0.1) is 0 Å². The quantitative estimate of drug-likeness (QED) is 0.844. The molecule has 128 valence electrons. The average Bonchev–Trinajstić information content (AvgIpc) is 3.08. The molecule has 0 fully saturated rings. The number of anilines is 2. The Morgan fingerprint density at radius 2 is 1.88 bits per heavy atom. The first kappa shape index (κ1) is 17.7. The van der Waals surface area contributed by atoms with Crippen molar-refractivity contribution in [1.82, 2.24) is 10.7 Å². The van der Waals surface area contributed by atoms with Crippen molar-refractivity contribution in [2.75, 3.05) is 25.2 Å². The number of hydrogen-bond donors (Lipinski definition) is 2. The summed E-state index contributed by atoms with van der Waals surface area (Å²) >= 11 is 0. The van der Waals surface area contributed by atoms with Crippen LogP contribution < -0.4 is 20.5 Å². The fourth-order valence-electron chi connectivity index (χ4n) is 2.47. The van der Waals surface area contributed by atoms with Crippen LogP contribution in [0.3, 0.4) is 0 Å². The molecule has 0 unspecified atom stereocenters. The molecule has 1 aliphatic heterocycles. The number of aliphatic imine (C=N–C) groups is 1. The molecule has 5 nitrogen and oxygen atoms in total. The second-order valence-electron chi connectivity index (χ2n) is 5.57. The van der Waals surface area contributed by atoms with Gasteiger partial charge in [0.25, 0.3) is 0 Å². The van der Waals surface area contributed by atoms with Crippen molar-refractivity contribution in [3.63, 3.8) is 0 Å². The van der Waals surface area contributed by atoms with Crippen LogP contribution in [0.2, 0.25) is 0 Å². The molecular formula is C19H26N4O. The molecule has 2 aromatic rings. The fourth-order valence-corrected chi connectivity index (χ4v) is 2.47. The predicted molar refractivity (Wildman–Crippen MR) is 101 cm³/mol. The number of nitrogens with zero attached hydrogens (tertiary/aromatic N) is 2. The molecule has 0 amide bonds. The number of nitrogens with one attached hydrogen (secondary N) is 2. The van der Waals surface area contributed by atoms with Gasteiger partial charge in [0.1, 0.15) is 5.75 Å². The van der Waals surface area contributed by atoms with Crippen molar-refractivity contribution in [3.05, 3.63) is 53.6 Å². The van der Waals surface area contributed by atoms with Crippen molar-refractivity contribution in [2.24, 2.45) is 4.99 Å². The van der Waals surface area contributed by atoms with Gasteiger partial charge >= 0.3 is 0 Å². The van der Waals surface area contributed by atoms with Gasteiger partial charge in [-0.3, -0.25) is 15.4 Å². The first-order valence-corrected chi connectivity index (χ1v) is 7.74. The molecule has 0 saturated carbocycles. The number of guanidine groups is 1. The number of aryl methyl sites for hydroxylation is 2. The minimum atomic E-state index is 0. The van der Waals surface area contributed by atoms with Gasteiger partial charge in [0, 0.05) is 12.6 Å². The van der Waals surface area contributed by atoms with Gasteiger partial charge in [-0.1, -0.05) is 19.6 Å². The lowest BCUT2D eigenvalue weighted by Crippen LogP contribution is -2.44. The maximum atomic E-state index is 5.35. The van der Waals surface area contributed by atoms with Crippen molar-refractivity contribution < 1.29 is 4.74 Å². The fraction of sp³-hybridized carbons (Fsp3) is 0.316. The lowest BCUT2D eigenvalue weighted by molar-refractivity contribution is 0.415. The Bertz CT molecular complexity index is 727. The zero-order valence-electron chi connectivity index (χ0n) is 13.8. The summed E-state index contributed by atoms with van der Waals surface area (Å²) in [6, 6.07) is 14.4. The Labute approximate surface area is 144 Å². The molecule has 2 aromatic carbocycles. The Balaban J connectivity index is 0.00000208. The second kappa shape index (κ2) is 7.73. The second-order valence-corrected chi connectivity index (χ2v) is 5.57. The highest BCUT2D eigenvalue weighted by Gasteiger charge is 2.15. The van der Waals surface area contributed by atoms with E-state index in [1.54, 1.807) is 7.11 Å². The Morgan fingerprint density at radius 3 is 2.54 bits per heavy atom. The first-order valence-electron chi connectivity index (χ1n) is 7.74. The summed E-state index contributed by atoms with van der Waals surface area (Å²) in [5.74, 6) is 1.60. The van der Waals surface area contributed by atoms with E-state index in [1.807, 2.05) is 29.3 Å². The Kier molecular flexibility index (Phi) is 5.68. The molecule has 0 spiro atoms. The van der Waals surface area contributed by atoms with Crippen molar-refractivity contribution in [3.8, 4) is 5.75 Å². The summed E-state index contributed by atoms with van der Waals surface area (Å²) in [6.45, 7) is 5.89. The molecule has 1 aliphatic rings. The third kappa shape index (κ3) is 3.79. The van der Waals surface area contributed by atoms with Crippen LogP contribution >= 0.6 is 0 Å². The van der Waals surface area contributed by atoms with Gasteiger partial charge in [0.2, 0.25) is 5.96 Å². The van der Waals surface area contributed by atoms with Gasteiger partial charge in [0.05, 0.1) is 25.0 Å². The van der Waals surface area contributed by atoms with E-state index < -0.39 is 0 Å². The van der Waals surface area contributed by atoms with E-state index in [9.17, 15) is 0 Å². The van der Waals surface area contributed by atoms with Crippen molar-refractivity contribution in [2.45, 2.75) is 21.3 Å². The number of hydrogen-bond acceptors (Lipinski definition) is 5. The van der Waals surface area contributed by atoms with Crippen LogP contribution in [-0.2, 0) is 0 Å². The average molecular weight is 326 g/mol. The van der Waals surface area contributed by atoms with E-state index in [2.05, 4.69) is 47.8 Å². The third-order valence-corrected chi connectivity index (χ3v) is 3.95. The molecule has 0 atom stereocenters. The Hall–Kier alpha value is -2.69. The van der Waals surface area contributed by atoms with E-state index in [4.69, 9.17) is 4.74 Å². The largest absolute Gasteiger partial charge is 0.497 e. The zero-order valence-corrected chi connectivity index (χ0v) is 13.8. The van der Waals surface area contributed by atoms with Gasteiger partial charge in [-0.2, -0.15) is 0 Å². The summed E-state index contributed by atoms with van der Waals surface area (Å²) in [4.78, 5) is 4.43. The number of benzene rings is 2. The standard InChI is InChI=1S/C18H22N4O.CH4/c1-13-7-8-16(11-14(13)2)22(21-18-19-9-10-20-18)15-5-4-6-17(12-15)23-3;/h4-8,11-12H,9-10H2,1-3H3,(H2,19,20,21);1H4. The third-order valence-electron chi connectivity index (χ3n) is 3.95. The molecule has 0 radical (unpaired) electrons. The van der Waals surface area contributed by atoms with Gasteiger partial charge in [-0.25, -0.2) is 0 Å². The van der Waals surface area contributed by atoms with Crippen molar-refractivity contribution in [1.29, 1.82) is 0 Å². The molecule has 3 rings (SSSR count). The van der Waals surface area contributed by atoms with Crippen LogP contribution in [0.25, 0.3) is 0 Å². The topological polar surface area (TPSA) is 48.9 Å². The van der Waals surface area contributed by atoms with E-state index in [1.165, 1.54) is 11.1 Å². The van der Waals surface area contributed by atoms with E-state index in [-0.39, 0.29) is 7.43 Å². The van der Waals surface area contributed by atoms with Crippen molar-refractivity contribution >= 4 is 17.3 Å². The van der Waals surface area contributed by atoms with Crippen LogP contribution in [0.1, 0.15) is 18.6 Å². The lowest BCUT2D eigenvalue weighted by Gasteiger charge is -2.27. The highest BCUT2D eigenvalue weighted by Crippen LogP contribution is 2.28. The van der Waals surface area contributed by atoms with Crippen LogP contribution in [0.5, 0.6) is 5.75 Å². The Morgan fingerprint density at radius 1 is 1.08 bits per heavy atom. The predicted octanol–water partition coefficient (Wildman–Crippen LogP) is 3.55. The minimum absolute atomic E-state index is 0. The molecule has 5 heteroatoms. The number of methoxy groups -OCH3 is 1. The number of ether oxygens (including phenoxy) is 1. The van der Waals surface area contributed by atoms with E-state index >= 15 is 0 Å². The molecule has 0 aromatic heterocycles. The molecule has 0 saturated heterocycles. The van der Waals surface area contributed by atoms with Crippen LogP contribution in [-0.4, -0.2) is 26.2 Å². The summed E-state index contributed by atoms with van der Waals surface area (Å²) in [5.41, 5.74) is 7.93. The molecule has 24 heavy (non-hydrogen) atoms. The number of rotatable bonds is 4. The minimum Gasteiger partial charge on any atom is -0.497 e. The molecule has 0 bridgehead atoms. The van der Waals surface area contributed by atoms with Crippen LogP contribution in [0.15, 0.2) is 47.5 Å². The lowest BCUT2D eigenvalue weighted by atomic mass is 10.1. The van der Waals surface area contributed by atoms with Crippen LogP contribution in [0.4, 0.5) is 11.4 Å². The van der Waals surface area contributed by atoms with Gasteiger partial charge in [0.15, 0.2) is 0 Å². The maximum absolute atomic E-state index is 5.35. The summed E-state index contributed by atoms with van der Waals surface area (Å²) < 4.78 is 5.35. The van der Waals surface area contributed by atoms with E-state index in [0.29, 0.717) is 0 Å². The summed E-state index contributed by atoms with van der Waals surface area (Å²) in [7, 11) is 1.68.